The Labute approximate surface area is 108 Å². The second-order valence-corrected chi connectivity index (χ2v) is 4.32. The van der Waals surface area contributed by atoms with Gasteiger partial charge in [-0.15, -0.1) is 6.58 Å². The van der Waals surface area contributed by atoms with Gasteiger partial charge in [-0.1, -0.05) is 31.2 Å². The standard InChI is InChI=1S/C15H20N2O/c1-3-9-17(4-2)11-13-12-7-5-6-8-14(12)18-15(13)10-16/h3,5-8H,1,4,9-11,16H2,2H3. The number of hydrogen-bond acceptors (Lipinski definition) is 3. The van der Waals surface area contributed by atoms with E-state index in [2.05, 4.69) is 24.5 Å². The van der Waals surface area contributed by atoms with Gasteiger partial charge in [-0.3, -0.25) is 4.90 Å². The number of nitrogens with two attached hydrogens (primary N) is 1. The predicted octanol–water partition coefficient (Wildman–Crippen LogP) is 2.90. The van der Waals surface area contributed by atoms with Crippen LogP contribution in [0.15, 0.2) is 41.3 Å². The highest BCUT2D eigenvalue weighted by molar-refractivity contribution is 5.82. The molecule has 0 aliphatic rings. The highest BCUT2D eigenvalue weighted by Gasteiger charge is 2.14. The zero-order valence-corrected chi connectivity index (χ0v) is 10.9. The fourth-order valence-corrected chi connectivity index (χ4v) is 2.20. The lowest BCUT2D eigenvalue weighted by Gasteiger charge is -2.18. The SMILES string of the molecule is C=CCN(CC)Cc1c(CN)oc2ccccc12. The summed E-state index contributed by atoms with van der Waals surface area (Å²) in [5.41, 5.74) is 7.90. The predicted molar refractivity (Wildman–Crippen MR) is 75.3 cm³/mol. The van der Waals surface area contributed by atoms with E-state index in [0.29, 0.717) is 6.54 Å². The van der Waals surface area contributed by atoms with Crippen LogP contribution >= 0.6 is 0 Å². The molecule has 0 atom stereocenters. The molecule has 0 unspecified atom stereocenters. The molecule has 0 aliphatic heterocycles. The summed E-state index contributed by atoms with van der Waals surface area (Å²) in [5.74, 6) is 0.888. The summed E-state index contributed by atoms with van der Waals surface area (Å²) in [7, 11) is 0. The zero-order valence-electron chi connectivity index (χ0n) is 10.9. The lowest BCUT2D eigenvalue weighted by atomic mass is 10.1. The van der Waals surface area contributed by atoms with Gasteiger partial charge in [0.15, 0.2) is 0 Å². The van der Waals surface area contributed by atoms with Crippen molar-refractivity contribution in [2.75, 3.05) is 13.1 Å². The molecule has 0 amide bonds. The van der Waals surface area contributed by atoms with Crippen LogP contribution in [0.1, 0.15) is 18.2 Å². The summed E-state index contributed by atoms with van der Waals surface area (Å²) in [6.07, 6.45) is 1.92. The average molecular weight is 244 g/mol. The van der Waals surface area contributed by atoms with Gasteiger partial charge in [0.1, 0.15) is 11.3 Å². The highest BCUT2D eigenvalue weighted by Crippen LogP contribution is 2.26. The van der Waals surface area contributed by atoms with Crippen molar-refractivity contribution >= 4 is 11.0 Å². The molecule has 3 nitrogen and oxygen atoms in total. The Bertz CT molecular complexity index is 530. The molecule has 1 heterocycles. The summed E-state index contributed by atoms with van der Waals surface area (Å²) < 4.78 is 5.79. The molecule has 18 heavy (non-hydrogen) atoms. The van der Waals surface area contributed by atoms with E-state index in [1.54, 1.807) is 0 Å². The van der Waals surface area contributed by atoms with Crippen LogP contribution in [0.3, 0.4) is 0 Å². The second-order valence-electron chi connectivity index (χ2n) is 4.32. The summed E-state index contributed by atoms with van der Waals surface area (Å²) >= 11 is 0. The van der Waals surface area contributed by atoms with Crippen LogP contribution in [0.5, 0.6) is 0 Å². The van der Waals surface area contributed by atoms with Crippen molar-refractivity contribution in [1.82, 2.24) is 4.90 Å². The summed E-state index contributed by atoms with van der Waals surface area (Å²) in [6, 6.07) is 8.10. The van der Waals surface area contributed by atoms with Crippen LogP contribution in [0.4, 0.5) is 0 Å². The highest BCUT2D eigenvalue weighted by atomic mass is 16.3. The van der Waals surface area contributed by atoms with Crippen molar-refractivity contribution in [2.24, 2.45) is 5.73 Å². The van der Waals surface area contributed by atoms with Crippen molar-refractivity contribution in [3.05, 3.63) is 48.2 Å². The summed E-state index contributed by atoms with van der Waals surface area (Å²) in [4.78, 5) is 2.31. The first-order valence-electron chi connectivity index (χ1n) is 6.32. The topological polar surface area (TPSA) is 42.4 Å². The molecule has 0 radical (unpaired) electrons. The number of para-hydroxylation sites is 1. The number of rotatable bonds is 6. The van der Waals surface area contributed by atoms with Crippen molar-refractivity contribution in [1.29, 1.82) is 0 Å². The largest absolute Gasteiger partial charge is 0.459 e. The Morgan fingerprint density at radius 1 is 1.39 bits per heavy atom. The first-order valence-corrected chi connectivity index (χ1v) is 6.32. The van der Waals surface area contributed by atoms with E-state index in [1.165, 1.54) is 10.9 Å². The Kier molecular flexibility index (Phi) is 4.18. The van der Waals surface area contributed by atoms with E-state index in [-0.39, 0.29) is 0 Å². The van der Waals surface area contributed by atoms with Gasteiger partial charge in [-0.25, -0.2) is 0 Å². The molecule has 0 spiro atoms. The van der Waals surface area contributed by atoms with E-state index in [4.69, 9.17) is 10.2 Å². The fraction of sp³-hybridized carbons (Fsp3) is 0.333. The Morgan fingerprint density at radius 2 is 2.17 bits per heavy atom. The molecular weight excluding hydrogens is 224 g/mol. The second kappa shape index (κ2) is 5.85. The lowest BCUT2D eigenvalue weighted by Crippen LogP contribution is -2.23. The third-order valence-corrected chi connectivity index (χ3v) is 3.18. The molecule has 1 aromatic carbocycles. The maximum Gasteiger partial charge on any atom is 0.134 e. The van der Waals surface area contributed by atoms with Crippen molar-refractivity contribution in [3.63, 3.8) is 0 Å². The molecule has 0 saturated carbocycles. The molecular formula is C15H20N2O. The fourth-order valence-electron chi connectivity index (χ4n) is 2.20. The number of furan rings is 1. The normalized spacial score (nSPS) is 11.3. The lowest BCUT2D eigenvalue weighted by molar-refractivity contribution is 0.309. The zero-order chi connectivity index (χ0) is 13.0. The average Bonchev–Trinajstić information content (AvgIpc) is 2.76. The third-order valence-electron chi connectivity index (χ3n) is 3.18. The molecule has 1 aromatic heterocycles. The van der Waals surface area contributed by atoms with Crippen LogP contribution in [-0.4, -0.2) is 18.0 Å². The number of nitrogens with zero attached hydrogens (tertiary/aromatic N) is 1. The monoisotopic (exact) mass is 244 g/mol. The first-order chi connectivity index (χ1) is 8.80. The molecule has 2 aromatic rings. The molecule has 2 rings (SSSR count). The number of likely N-dealkylation sites (N-methyl/N-ethyl adjacent to an activating group) is 1. The molecule has 3 heteroatoms. The van der Waals surface area contributed by atoms with Gasteiger partial charge >= 0.3 is 0 Å². The van der Waals surface area contributed by atoms with Gasteiger partial charge in [0.2, 0.25) is 0 Å². The van der Waals surface area contributed by atoms with Gasteiger partial charge in [-0.05, 0) is 12.6 Å². The van der Waals surface area contributed by atoms with Gasteiger partial charge in [-0.2, -0.15) is 0 Å². The van der Waals surface area contributed by atoms with Crippen molar-refractivity contribution in [2.45, 2.75) is 20.0 Å². The van der Waals surface area contributed by atoms with Gasteiger partial charge in [0.25, 0.3) is 0 Å². The minimum absolute atomic E-state index is 0.440. The van der Waals surface area contributed by atoms with Crippen LogP contribution in [0.25, 0.3) is 11.0 Å². The van der Waals surface area contributed by atoms with Gasteiger partial charge < -0.3 is 10.2 Å². The van der Waals surface area contributed by atoms with Crippen LogP contribution in [0, 0.1) is 0 Å². The summed E-state index contributed by atoms with van der Waals surface area (Å²) in [5, 5.41) is 1.17. The van der Waals surface area contributed by atoms with Crippen LogP contribution in [-0.2, 0) is 13.1 Å². The van der Waals surface area contributed by atoms with E-state index in [1.807, 2.05) is 24.3 Å². The molecule has 2 N–H and O–H groups in total. The number of fused-ring (bicyclic) bond motifs is 1. The maximum absolute atomic E-state index is 5.79. The third kappa shape index (κ3) is 2.47. The van der Waals surface area contributed by atoms with Crippen LogP contribution < -0.4 is 5.73 Å². The van der Waals surface area contributed by atoms with Crippen molar-refractivity contribution in [3.8, 4) is 0 Å². The molecule has 0 aliphatic carbocycles. The van der Waals surface area contributed by atoms with Crippen molar-refractivity contribution < 1.29 is 4.42 Å². The minimum Gasteiger partial charge on any atom is -0.459 e. The first kappa shape index (κ1) is 12.9. The van der Waals surface area contributed by atoms with Gasteiger partial charge in [0.05, 0.1) is 6.54 Å². The number of benzene rings is 1. The van der Waals surface area contributed by atoms with E-state index < -0.39 is 0 Å². The van der Waals surface area contributed by atoms with Gasteiger partial charge in [0, 0.05) is 24.0 Å². The van der Waals surface area contributed by atoms with E-state index in [9.17, 15) is 0 Å². The minimum atomic E-state index is 0.440. The Morgan fingerprint density at radius 3 is 2.83 bits per heavy atom. The Hall–Kier alpha value is -1.58. The van der Waals surface area contributed by atoms with E-state index in [0.717, 1.165) is 31.0 Å². The quantitative estimate of drug-likeness (QED) is 0.794. The van der Waals surface area contributed by atoms with E-state index >= 15 is 0 Å². The van der Waals surface area contributed by atoms with Crippen LogP contribution in [0.2, 0.25) is 0 Å². The smallest absolute Gasteiger partial charge is 0.134 e. The maximum atomic E-state index is 5.79. The molecule has 0 bridgehead atoms. The number of hydrogen-bond donors (Lipinski definition) is 1. The molecule has 0 fully saturated rings. The summed E-state index contributed by atoms with van der Waals surface area (Å²) in [6.45, 7) is 9.09. The molecule has 0 saturated heterocycles. The Balaban J connectivity index is 2.38. The molecule has 96 valence electrons.